The summed E-state index contributed by atoms with van der Waals surface area (Å²) in [6.07, 6.45) is 6.28. The molecule has 1 aliphatic heterocycles. The van der Waals surface area contributed by atoms with E-state index < -0.39 is 0 Å². The van der Waals surface area contributed by atoms with Crippen LogP contribution in [0.5, 0.6) is 0 Å². The Kier molecular flexibility index (Phi) is 7.55. The predicted octanol–water partition coefficient (Wildman–Crippen LogP) is 2.54. The molecule has 148 valence electrons. The highest BCUT2D eigenvalue weighted by Gasteiger charge is 2.18. The van der Waals surface area contributed by atoms with Gasteiger partial charge in [-0.25, -0.2) is 0 Å². The third-order valence-electron chi connectivity index (χ3n) is 4.98. The zero-order valence-corrected chi connectivity index (χ0v) is 16.1. The van der Waals surface area contributed by atoms with Crippen LogP contribution in [0.15, 0.2) is 54.9 Å². The lowest BCUT2D eigenvalue weighted by molar-refractivity contribution is -0.121. The summed E-state index contributed by atoms with van der Waals surface area (Å²) in [5, 5.41) is 6.50. The molecule has 6 nitrogen and oxygen atoms in total. The van der Waals surface area contributed by atoms with Gasteiger partial charge in [-0.1, -0.05) is 30.3 Å². The predicted molar refractivity (Wildman–Crippen MR) is 109 cm³/mol. The van der Waals surface area contributed by atoms with Crippen molar-refractivity contribution in [3.63, 3.8) is 0 Å². The number of nitrogens with one attached hydrogen (secondary N) is 2. The number of amides is 2. The van der Waals surface area contributed by atoms with Crippen LogP contribution in [0.4, 0.5) is 0 Å². The third-order valence-corrected chi connectivity index (χ3v) is 4.98. The Labute approximate surface area is 166 Å². The number of carbonyl (C=O) groups excluding carboxylic acids is 2. The maximum absolute atomic E-state index is 12.8. The molecule has 0 saturated carbocycles. The van der Waals surface area contributed by atoms with Gasteiger partial charge >= 0.3 is 0 Å². The molecule has 2 amide bonds. The molecular formula is C22H28N4O2. The van der Waals surface area contributed by atoms with Crippen LogP contribution >= 0.6 is 0 Å². The highest BCUT2D eigenvalue weighted by molar-refractivity contribution is 5.94. The molecule has 6 heteroatoms. The fourth-order valence-electron chi connectivity index (χ4n) is 3.44. The molecule has 28 heavy (non-hydrogen) atoms. The first-order valence-electron chi connectivity index (χ1n) is 9.98. The number of rotatable bonds is 2. The highest BCUT2D eigenvalue weighted by atomic mass is 16.2. The molecule has 1 atom stereocenters. The maximum atomic E-state index is 12.8. The van der Waals surface area contributed by atoms with E-state index in [1.165, 1.54) is 0 Å². The number of aromatic nitrogens is 1. The summed E-state index contributed by atoms with van der Waals surface area (Å²) in [5.74, 6) is 0.103. The van der Waals surface area contributed by atoms with Gasteiger partial charge in [0.2, 0.25) is 5.91 Å². The van der Waals surface area contributed by atoms with Gasteiger partial charge in [-0.2, -0.15) is 0 Å². The van der Waals surface area contributed by atoms with E-state index in [1.54, 1.807) is 24.5 Å². The lowest BCUT2D eigenvalue weighted by Crippen LogP contribution is -2.35. The number of hydrogen-bond donors (Lipinski definition) is 2. The quantitative estimate of drug-likeness (QED) is 0.840. The molecule has 0 aliphatic carbocycles. The summed E-state index contributed by atoms with van der Waals surface area (Å²) in [5.41, 5.74) is 1.78. The second kappa shape index (κ2) is 10.6. The average Bonchev–Trinajstić information content (AvgIpc) is 2.76. The van der Waals surface area contributed by atoms with Crippen molar-refractivity contribution in [2.75, 3.05) is 26.2 Å². The van der Waals surface area contributed by atoms with Gasteiger partial charge in [-0.05, 0) is 43.5 Å². The SMILES string of the molecule is O=C1CC(c2ccccc2)NCCCN(C(=O)c2ccncc2)CCCCN1. The van der Waals surface area contributed by atoms with Crippen molar-refractivity contribution >= 4 is 11.8 Å². The Hall–Kier alpha value is -2.73. The summed E-state index contributed by atoms with van der Waals surface area (Å²) >= 11 is 0. The number of nitrogens with zero attached hydrogens (tertiary/aromatic N) is 2. The second-order valence-electron chi connectivity index (χ2n) is 7.06. The molecule has 1 aromatic heterocycles. The lowest BCUT2D eigenvalue weighted by Gasteiger charge is -2.23. The minimum absolute atomic E-state index is 0.0219. The van der Waals surface area contributed by atoms with E-state index in [9.17, 15) is 9.59 Å². The molecule has 2 aromatic rings. The van der Waals surface area contributed by atoms with Gasteiger partial charge in [0.15, 0.2) is 0 Å². The Bertz CT molecular complexity index is 752. The average molecular weight is 380 g/mol. The van der Waals surface area contributed by atoms with Gasteiger partial charge in [-0.15, -0.1) is 0 Å². The molecule has 2 heterocycles. The van der Waals surface area contributed by atoms with Crippen molar-refractivity contribution in [2.45, 2.75) is 31.7 Å². The molecule has 1 saturated heterocycles. The van der Waals surface area contributed by atoms with Crippen LogP contribution in [0.2, 0.25) is 0 Å². The van der Waals surface area contributed by atoms with E-state index in [0.717, 1.165) is 31.4 Å². The summed E-state index contributed by atoms with van der Waals surface area (Å²) in [6, 6.07) is 13.5. The van der Waals surface area contributed by atoms with Gasteiger partial charge in [0.05, 0.1) is 0 Å². The Morgan fingerprint density at radius 3 is 2.50 bits per heavy atom. The van der Waals surface area contributed by atoms with Crippen molar-refractivity contribution in [3.05, 3.63) is 66.0 Å². The summed E-state index contributed by atoms with van der Waals surface area (Å²) in [4.78, 5) is 31.0. The maximum Gasteiger partial charge on any atom is 0.253 e. The van der Waals surface area contributed by atoms with Crippen LogP contribution < -0.4 is 10.6 Å². The van der Waals surface area contributed by atoms with E-state index in [4.69, 9.17) is 0 Å². The number of benzene rings is 1. The first kappa shape index (κ1) is 20.0. The summed E-state index contributed by atoms with van der Waals surface area (Å²) in [7, 11) is 0. The van der Waals surface area contributed by atoms with Crippen molar-refractivity contribution in [1.82, 2.24) is 20.5 Å². The van der Waals surface area contributed by atoms with E-state index in [1.807, 2.05) is 35.2 Å². The van der Waals surface area contributed by atoms with Crippen LogP contribution in [0.25, 0.3) is 0 Å². The molecule has 3 rings (SSSR count). The first-order valence-corrected chi connectivity index (χ1v) is 9.98. The Morgan fingerprint density at radius 2 is 1.71 bits per heavy atom. The Morgan fingerprint density at radius 1 is 0.964 bits per heavy atom. The molecule has 2 N–H and O–H groups in total. The minimum atomic E-state index is -0.0219. The van der Waals surface area contributed by atoms with Gasteiger partial charge < -0.3 is 15.5 Å². The van der Waals surface area contributed by atoms with Crippen molar-refractivity contribution in [1.29, 1.82) is 0 Å². The largest absolute Gasteiger partial charge is 0.356 e. The number of hydrogen-bond acceptors (Lipinski definition) is 4. The fourth-order valence-corrected chi connectivity index (χ4v) is 3.44. The van der Waals surface area contributed by atoms with E-state index >= 15 is 0 Å². The lowest BCUT2D eigenvalue weighted by atomic mass is 10.0. The van der Waals surface area contributed by atoms with Gasteiger partial charge in [0.25, 0.3) is 5.91 Å². The standard InChI is InChI=1S/C22H28N4O2/c27-21-17-20(18-7-2-1-3-8-18)24-12-6-16-26(15-5-4-11-25-21)22(28)19-9-13-23-14-10-19/h1-3,7-10,13-14,20,24H,4-6,11-12,15-17H2,(H,25,27). The smallest absolute Gasteiger partial charge is 0.253 e. The van der Waals surface area contributed by atoms with Crippen LogP contribution in [0.3, 0.4) is 0 Å². The first-order chi connectivity index (χ1) is 13.7. The van der Waals surface area contributed by atoms with E-state index in [2.05, 4.69) is 15.6 Å². The van der Waals surface area contributed by atoms with Crippen LogP contribution in [-0.4, -0.2) is 47.9 Å². The monoisotopic (exact) mass is 380 g/mol. The number of pyridine rings is 1. The topological polar surface area (TPSA) is 74.3 Å². The summed E-state index contributed by atoms with van der Waals surface area (Å²) in [6.45, 7) is 2.76. The zero-order chi connectivity index (χ0) is 19.6. The van der Waals surface area contributed by atoms with Crippen LogP contribution in [-0.2, 0) is 4.79 Å². The Balaban J connectivity index is 1.66. The van der Waals surface area contributed by atoms with Crippen molar-refractivity contribution in [3.8, 4) is 0 Å². The summed E-state index contributed by atoms with van der Waals surface area (Å²) < 4.78 is 0. The van der Waals surface area contributed by atoms with Crippen molar-refractivity contribution in [2.24, 2.45) is 0 Å². The van der Waals surface area contributed by atoms with Crippen LogP contribution in [0, 0.1) is 0 Å². The molecule has 0 spiro atoms. The molecular weight excluding hydrogens is 352 g/mol. The number of carbonyl (C=O) groups is 2. The fraction of sp³-hybridized carbons (Fsp3) is 0.409. The molecule has 1 aliphatic rings. The van der Waals surface area contributed by atoms with E-state index in [-0.39, 0.29) is 17.9 Å². The zero-order valence-electron chi connectivity index (χ0n) is 16.1. The van der Waals surface area contributed by atoms with E-state index in [0.29, 0.717) is 31.6 Å². The van der Waals surface area contributed by atoms with Gasteiger partial charge in [0, 0.05) is 50.1 Å². The second-order valence-corrected chi connectivity index (χ2v) is 7.06. The normalized spacial score (nSPS) is 19.6. The minimum Gasteiger partial charge on any atom is -0.356 e. The van der Waals surface area contributed by atoms with Crippen LogP contribution in [0.1, 0.15) is 47.6 Å². The highest BCUT2D eigenvalue weighted by Crippen LogP contribution is 2.17. The molecule has 0 bridgehead atoms. The molecule has 1 unspecified atom stereocenters. The molecule has 1 aromatic carbocycles. The van der Waals surface area contributed by atoms with Crippen molar-refractivity contribution < 1.29 is 9.59 Å². The van der Waals surface area contributed by atoms with Gasteiger partial charge in [0.1, 0.15) is 0 Å². The third kappa shape index (κ3) is 5.89. The molecule has 0 radical (unpaired) electrons. The molecule has 1 fully saturated rings. The van der Waals surface area contributed by atoms with Gasteiger partial charge in [-0.3, -0.25) is 14.6 Å².